The van der Waals surface area contributed by atoms with Gasteiger partial charge in [-0.3, -0.25) is 19.4 Å². The summed E-state index contributed by atoms with van der Waals surface area (Å²) in [5.41, 5.74) is 1.49. The molecule has 5 rings (SSSR count). The molecule has 0 aliphatic carbocycles. The zero-order chi connectivity index (χ0) is 21.9. The van der Waals surface area contributed by atoms with Crippen LogP contribution in [0.4, 0.5) is 8.78 Å². The van der Waals surface area contributed by atoms with Crippen LogP contribution in [-0.4, -0.2) is 46.2 Å². The number of pyridine rings is 2. The number of nitrogens with zero attached hydrogens (tertiary/aromatic N) is 5. The molecule has 0 unspecified atom stereocenters. The van der Waals surface area contributed by atoms with E-state index in [2.05, 4.69) is 15.1 Å². The Morgan fingerprint density at radius 2 is 1.87 bits per heavy atom. The van der Waals surface area contributed by atoms with Gasteiger partial charge in [-0.2, -0.15) is 5.10 Å². The molecule has 0 saturated heterocycles. The quantitative estimate of drug-likeness (QED) is 0.486. The predicted molar refractivity (Wildman–Crippen MR) is 111 cm³/mol. The van der Waals surface area contributed by atoms with Crippen LogP contribution in [0.15, 0.2) is 49.1 Å². The van der Waals surface area contributed by atoms with Gasteiger partial charge in [0.25, 0.3) is 5.91 Å². The first-order chi connectivity index (χ1) is 14.8. The minimum Gasteiger partial charge on any atom is -0.340 e. The Hall–Kier alpha value is -3.55. The van der Waals surface area contributed by atoms with E-state index in [4.69, 9.17) is 15.7 Å². The van der Waals surface area contributed by atoms with Gasteiger partial charge in [0, 0.05) is 47.5 Å². The van der Waals surface area contributed by atoms with E-state index in [1.54, 1.807) is 30.2 Å². The molecule has 4 radical (unpaired) electrons. The summed E-state index contributed by atoms with van der Waals surface area (Å²) in [7, 11) is 14.0. The maximum Gasteiger partial charge on any atom is 0.255 e. The van der Waals surface area contributed by atoms with Crippen LogP contribution in [0.3, 0.4) is 0 Å². The number of rotatable bonds is 3. The Labute approximate surface area is 178 Å². The van der Waals surface area contributed by atoms with Crippen molar-refractivity contribution in [1.82, 2.24) is 24.6 Å². The lowest BCUT2D eigenvalue weighted by Gasteiger charge is -2.33. The summed E-state index contributed by atoms with van der Waals surface area (Å²) >= 11 is 0. The number of halogens is 2. The molecule has 6 nitrogen and oxygen atoms in total. The minimum atomic E-state index is -1.78. The first-order valence-corrected chi connectivity index (χ1v) is 9.38. The summed E-state index contributed by atoms with van der Waals surface area (Å²) in [6, 6.07) is 5.49. The van der Waals surface area contributed by atoms with Gasteiger partial charge in [-0.25, -0.2) is 8.78 Å². The number of carbonyl (C=O) groups excluding carboxylic acids is 1. The molecule has 3 aromatic heterocycles. The van der Waals surface area contributed by atoms with Crippen LogP contribution in [0.25, 0.3) is 22.0 Å². The fraction of sp³-hybridized carbons (Fsp3) is 0.143. The predicted octanol–water partition coefficient (Wildman–Crippen LogP) is 2.41. The van der Waals surface area contributed by atoms with Gasteiger partial charge in [0.05, 0.1) is 39.7 Å². The van der Waals surface area contributed by atoms with Crippen molar-refractivity contribution < 1.29 is 13.6 Å². The number of carbonyl (C=O) groups is 1. The van der Waals surface area contributed by atoms with Crippen LogP contribution in [0.5, 0.6) is 0 Å². The number of aryl methyl sites for hydroxylation is 1. The van der Waals surface area contributed by atoms with Crippen LogP contribution in [0, 0.1) is 11.6 Å². The number of hydrogen-bond donors (Lipinski definition) is 0. The normalized spacial score (nSPS) is 14.9. The Morgan fingerprint density at radius 1 is 1.13 bits per heavy atom. The van der Waals surface area contributed by atoms with Gasteiger partial charge >= 0.3 is 0 Å². The highest BCUT2D eigenvalue weighted by molar-refractivity contribution is 6.42. The molecule has 1 amide bonds. The smallest absolute Gasteiger partial charge is 0.255 e. The summed E-state index contributed by atoms with van der Waals surface area (Å²) < 4.78 is 31.7. The van der Waals surface area contributed by atoms with Crippen molar-refractivity contribution in [2.24, 2.45) is 7.05 Å². The lowest BCUT2D eigenvalue weighted by Crippen LogP contribution is -2.45. The number of aromatic nitrogens is 4. The summed E-state index contributed by atoms with van der Waals surface area (Å²) in [6.07, 6.45) is 6.30. The third-order valence-corrected chi connectivity index (χ3v) is 5.43. The standard InChI is InChI=1S/C21H13B2F2N5O/c1-29-9-14-13(7-26-8-18(14)28-29)11-5-16(24)15(17(25)6-11)10-30-20(31)12-3-2-4-27-19(12)21(30,22)23/h2-9H,10H2,1H3. The maximum absolute atomic E-state index is 15.0. The number of fused-ring (bicyclic) bond motifs is 2. The maximum atomic E-state index is 15.0. The molecule has 0 bridgehead atoms. The highest BCUT2D eigenvalue weighted by atomic mass is 19.1. The largest absolute Gasteiger partial charge is 0.340 e. The molecule has 0 N–H and O–H groups in total. The van der Waals surface area contributed by atoms with E-state index < -0.39 is 29.4 Å². The van der Waals surface area contributed by atoms with Crippen molar-refractivity contribution in [2.75, 3.05) is 0 Å². The third-order valence-electron chi connectivity index (χ3n) is 5.43. The molecule has 4 heterocycles. The van der Waals surface area contributed by atoms with Crippen LogP contribution in [0.1, 0.15) is 21.6 Å². The number of benzene rings is 1. The summed E-state index contributed by atoms with van der Waals surface area (Å²) in [4.78, 5) is 21.9. The molecule has 10 heteroatoms. The first kappa shape index (κ1) is 19.4. The van der Waals surface area contributed by atoms with Gasteiger partial charge in [0.15, 0.2) is 0 Å². The van der Waals surface area contributed by atoms with E-state index in [0.717, 1.165) is 4.90 Å². The van der Waals surface area contributed by atoms with Crippen molar-refractivity contribution in [3.8, 4) is 11.1 Å². The second-order valence-electron chi connectivity index (χ2n) is 7.46. The molecule has 31 heavy (non-hydrogen) atoms. The fourth-order valence-electron chi connectivity index (χ4n) is 3.90. The highest BCUT2D eigenvalue weighted by Gasteiger charge is 2.43. The minimum absolute atomic E-state index is 0.159. The van der Waals surface area contributed by atoms with E-state index in [0.29, 0.717) is 22.0 Å². The molecule has 0 atom stereocenters. The highest BCUT2D eigenvalue weighted by Crippen LogP contribution is 2.36. The van der Waals surface area contributed by atoms with Gasteiger partial charge in [0.2, 0.25) is 0 Å². The zero-order valence-corrected chi connectivity index (χ0v) is 16.4. The third kappa shape index (κ3) is 2.93. The Balaban J connectivity index is 1.55. The van der Waals surface area contributed by atoms with Gasteiger partial charge < -0.3 is 4.90 Å². The zero-order valence-electron chi connectivity index (χ0n) is 16.4. The summed E-state index contributed by atoms with van der Waals surface area (Å²) in [5, 5.41) is 3.19. The Bertz CT molecular complexity index is 1350. The summed E-state index contributed by atoms with van der Waals surface area (Å²) in [5.74, 6) is -2.20. The second-order valence-corrected chi connectivity index (χ2v) is 7.46. The number of hydrogen-bond acceptors (Lipinski definition) is 4. The van der Waals surface area contributed by atoms with Gasteiger partial charge in [-0.05, 0) is 29.8 Å². The lowest BCUT2D eigenvalue weighted by atomic mass is 9.59. The second kappa shape index (κ2) is 6.73. The van der Waals surface area contributed by atoms with E-state index in [1.807, 2.05) is 0 Å². The molecule has 0 saturated carbocycles. The average Bonchev–Trinajstić information content (AvgIpc) is 3.20. The molecule has 148 valence electrons. The fourth-order valence-corrected chi connectivity index (χ4v) is 3.90. The van der Waals surface area contributed by atoms with Crippen LogP contribution in [0.2, 0.25) is 0 Å². The molecule has 1 aliphatic heterocycles. The first-order valence-electron chi connectivity index (χ1n) is 9.38. The molecule has 0 spiro atoms. The molecule has 4 aromatic rings. The Kier molecular flexibility index (Phi) is 4.22. The van der Waals surface area contributed by atoms with Gasteiger partial charge in [-0.15, -0.1) is 0 Å². The average molecular weight is 411 g/mol. The van der Waals surface area contributed by atoms with Gasteiger partial charge in [-0.1, -0.05) is 0 Å². The van der Waals surface area contributed by atoms with Gasteiger partial charge in [0.1, 0.15) is 17.2 Å². The van der Waals surface area contributed by atoms with Crippen molar-refractivity contribution >= 4 is 32.5 Å². The van der Waals surface area contributed by atoms with Crippen molar-refractivity contribution in [3.63, 3.8) is 0 Å². The van der Waals surface area contributed by atoms with Crippen molar-refractivity contribution in [3.05, 3.63) is 77.5 Å². The summed E-state index contributed by atoms with van der Waals surface area (Å²) in [6.45, 7) is -0.449. The van der Waals surface area contributed by atoms with E-state index >= 15 is 8.78 Å². The lowest BCUT2D eigenvalue weighted by molar-refractivity contribution is 0.0727. The van der Waals surface area contributed by atoms with Crippen LogP contribution >= 0.6 is 0 Å². The SMILES string of the molecule is [B]C1([B])c2ncccc2C(=O)N1Cc1c(F)cc(-c2cncc3nn(C)cc23)cc1F. The molecule has 0 fully saturated rings. The molecular formula is C21H13B2F2N5O. The van der Waals surface area contributed by atoms with E-state index in [-0.39, 0.29) is 16.8 Å². The van der Waals surface area contributed by atoms with Crippen molar-refractivity contribution in [1.29, 1.82) is 0 Å². The molecular weight excluding hydrogens is 398 g/mol. The van der Waals surface area contributed by atoms with E-state index in [1.165, 1.54) is 30.6 Å². The van der Waals surface area contributed by atoms with E-state index in [9.17, 15) is 4.79 Å². The number of amides is 1. The Morgan fingerprint density at radius 3 is 2.58 bits per heavy atom. The topological polar surface area (TPSA) is 63.9 Å². The molecule has 1 aliphatic rings. The van der Waals surface area contributed by atoms with Crippen LogP contribution < -0.4 is 0 Å². The van der Waals surface area contributed by atoms with Crippen molar-refractivity contribution in [2.45, 2.75) is 11.9 Å². The van der Waals surface area contributed by atoms with Crippen LogP contribution in [-0.2, 0) is 18.9 Å². The monoisotopic (exact) mass is 411 g/mol. The molecule has 1 aromatic carbocycles.